The number of anilines is 1. The van der Waals surface area contributed by atoms with Crippen LogP contribution in [-0.2, 0) is 5.41 Å². The molecule has 2 rings (SSSR count). The van der Waals surface area contributed by atoms with Gasteiger partial charge in [0.25, 0.3) is 5.95 Å². The van der Waals surface area contributed by atoms with E-state index in [9.17, 15) is 0 Å². The van der Waals surface area contributed by atoms with E-state index in [0.29, 0.717) is 0 Å². The predicted molar refractivity (Wildman–Crippen MR) is 76.5 cm³/mol. The van der Waals surface area contributed by atoms with Gasteiger partial charge in [0.05, 0.1) is 5.41 Å². The molecule has 0 radical (unpaired) electrons. The topological polar surface area (TPSA) is 54.2 Å². The van der Waals surface area contributed by atoms with Gasteiger partial charge in [0.2, 0.25) is 5.89 Å². The molecule has 0 amide bonds. The summed E-state index contributed by atoms with van der Waals surface area (Å²) < 4.78 is 5.61. The lowest BCUT2D eigenvalue weighted by Crippen LogP contribution is -2.40. The van der Waals surface area contributed by atoms with Crippen LogP contribution < -0.4 is 10.2 Å². The molecule has 1 aliphatic rings. The normalized spacial score (nSPS) is 18.5. The molecule has 1 N–H and O–H groups in total. The van der Waals surface area contributed by atoms with Crippen molar-refractivity contribution in [1.29, 1.82) is 0 Å². The molecule has 0 atom stereocenters. The highest BCUT2D eigenvalue weighted by Gasteiger charge is 2.38. The Labute approximate surface area is 115 Å². The number of nitrogens with one attached hydrogen (secondary N) is 1. The van der Waals surface area contributed by atoms with Crippen LogP contribution >= 0.6 is 0 Å². The summed E-state index contributed by atoms with van der Waals surface area (Å²) in [6, 6.07) is 0. The smallest absolute Gasteiger partial charge is 0.266 e. The van der Waals surface area contributed by atoms with Crippen LogP contribution in [0.3, 0.4) is 0 Å². The van der Waals surface area contributed by atoms with E-state index in [1.54, 1.807) is 0 Å². The first kappa shape index (κ1) is 14.3. The molecule has 1 fully saturated rings. The standard InChI is InChI=1S/C14H26N4O/c1-4-7-14(8-10-15-11-9-14)12-16-13(17-19-12)18(5-2)6-3/h15H,4-11H2,1-3H3. The summed E-state index contributed by atoms with van der Waals surface area (Å²) in [6.07, 6.45) is 4.49. The first-order valence-electron chi connectivity index (χ1n) is 7.55. The molecule has 2 heterocycles. The van der Waals surface area contributed by atoms with Crippen LogP contribution in [0.1, 0.15) is 52.3 Å². The van der Waals surface area contributed by atoms with Gasteiger partial charge in [-0.1, -0.05) is 13.3 Å². The van der Waals surface area contributed by atoms with Gasteiger partial charge in [-0.3, -0.25) is 0 Å². The molecule has 0 aromatic carbocycles. The summed E-state index contributed by atoms with van der Waals surface area (Å²) in [6.45, 7) is 10.4. The second kappa shape index (κ2) is 6.37. The monoisotopic (exact) mass is 266 g/mol. The number of nitrogens with zero attached hydrogens (tertiary/aromatic N) is 3. The van der Waals surface area contributed by atoms with Gasteiger partial charge in [-0.15, -0.1) is 0 Å². The number of hydrogen-bond donors (Lipinski definition) is 1. The van der Waals surface area contributed by atoms with Crippen LogP contribution in [0.2, 0.25) is 0 Å². The lowest BCUT2D eigenvalue weighted by Gasteiger charge is -2.34. The fraction of sp³-hybridized carbons (Fsp3) is 0.857. The molecule has 0 saturated carbocycles. The van der Waals surface area contributed by atoms with Gasteiger partial charge in [-0.25, -0.2) is 0 Å². The Hall–Kier alpha value is -1.10. The number of piperidine rings is 1. The van der Waals surface area contributed by atoms with E-state index in [2.05, 4.69) is 41.1 Å². The van der Waals surface area contributed by atoms with E-state index in [1.165, 1.54) is 0 Å². The summed E-state index contributed by atoms with van der Waals surface area (Å²) in [7, 11) is 0. The van der Waals surface area contributed by atoms with Gasteiger partial charge in [-0.05, 0) is 51.4 Å². The quantitative estimate of drug-likeness (QED) is 0.856. The van der Waals surface area contributed by atoms with E-state index in [-0.39, 0.29) is 5.41 Å². The zero-order valence-corrected chi connectivity index (χ0v) is 12.4. The van der Waals surface area contributed by atoms with Crippen molar-refractivity contribution in [2.24, 2.45) is 0 Å². The van der Waals surface area contributed by atoms with Crippen molar-refractivity contribution in [2.45, 2.75) is 51.9 Å². The molecule has 108 valence electrons. The Morgan fingerprint density at radius 1 is 1.21 bits per heavy atom. The summed E-state index contributed by atoms with van der Waals surface area (Å²) in [4.78, 5) is 6.82. The van der Waals surface area contributed by atoms with E-state index < -0.39 is 0 Å². The molecule has 19 heavy (non-hydrogen) atoms. The molecule has 0 unspecified atom stereocenters. The minimum absolute atomic E-state index is 0.0956. The fourth-order valence-electron chi connectivity index (χ4n) is 3.02. The molecule has 5 heteroatoms. The summed E-state index contributed by atoms with van der Waals surface area (Å²) in [5, 5.41) is 7.60. The average molecular weight is 266 g/mol. The van der Waals surface area contributed by atoms with Gasteiger partial charge in [0.1, 0.15) is 0 Å². The first-order valence-corrected chi connectivity index (χ1v) is 7.55. The van der Waals surface area contributed by atoms with Crippen LogP contribution in [-0.4, -0.2) is 36.3 Å². The van der Waals surface area contributed by atoms with Gasteiger partial charge >= 0.3 is 0 Å². The first-order chi connectivity index (χ1) is 9.25. The minimum Gasteiger partial charge on any atom is -0.339 e. The molecule has 1 aromatic rings. The molecule has 0 spiro atoms. The molecule has 1 aliphatic heterocycles. The number of rotatable bonds is 6. The van der Waals surface area contributed by atoms with Crippen molar-refractivity contribution in [3.05, 3.63) is 5.89 Å². The highest BCUT2D eigenvalue weighted by molar-refractivity contribution is 5.28. The average Bonchev–Trinajstić information content (AvgIpc) is 2.92. The van der Waals surface area contributed by atoms with Crippen LogP contribution in [0.25, 0.3) is 0 Å². The van der Waals surface area contributed by atoms with E-state index in [1.807, 2.05) is 0 Å². The third-order valence-electron chi connectivity index (χ3n) is 4.20. The zero-order chi connectivity index (χ0) is 13.7. The largest absolute Gasteiger partial charge is 0.339 e. The maximum atomic E-state index is 5.61. The van der Waals surface area contributed by atoms with Gasteiger partial charge in [0, 0.05) is 13.1 Å². The molecule has 1 aromatic heterocycles. The van der Waals surface area contributed by atoms with E-state index in [0.717, 1.165) is 63.7 Å². The van der Waals surface area contributed by atoms with Crippen molar-refractivity contribution in [2.75, 3.05) is 31.1 Å². The Balaban J connectivity index is 2.22. The lowest BCUT2D eigenvalue weighted by atomic mass is 9.75. The van der Waals surface area contributed by atoms with Crippen LogP contribution in [0, 0.1) is 0 Å². The highest BCUT2D eigenvalue weighted by Crippen LogP contribution is 2.37. The summed E-state index contributed by atoms with van der Waals surface area (Å²) in [5.41, 5.74) is 0.0956. The highest BCUT2D eigenvalue weighted by atomic mass is 16.5. The van der Waals surface area contributed by atoms with Crippen molar-refractivity contribution < 1.29 is 4.52 Å². The third kappa shape index (κ3) is 2.91. The molecule has 5 nitrogen and oxygen atoms in total. The molecule has 0 aliphatic carbocycles. The number of aromatic nitrogens is 2. The second-order valence-electron chi connectivity index (χ2n) is 5.35. The maximum absolute atomic E-state index is 5.61. The van der Waals surface area contributed by atoms with Crippen LogP contribution in [0.5, 0.6) is 0 Å². The Morgan fingerprint density at radius 2 is 1.89 bits per heavy atom. The minimum atomic E-state index is 0.0956. The van der Waals surface area contributed by atoms with Crippen LogP contribution in [0.15, 0.2) is 4.52 Å². The van der Waals surface area contributed by atoms with Crippen LogP contribution in [0.4, 0.5) is 5.95 Å². The lowest BCUT2D eigenvalue weighted by molar-refractivity contribution is 0.208. The van der Waals surface area contributed by atoms with Crippen molar-refractivity contribution in [3.63, 3.8) is 0 Å². The maximum Gasteiger partial charge on any atom is 0.266 e. The van der Waals surface area contributed by atoms with Crippen molar-refractivity contribution in [1.82, 2.24) is 15.5 Å². The van der Waals surface area contributed by atoms with E-state index >= 15 is 0 Å². The Bertz CT molecular complexity index is 375. The molecular weight excluding hydrogens is 240 g/mol. The SMILES string of the molecule is CCCC1(c2nc(N(CC)CC)no2)CCNCC1. The van der Waals surface area contributed by atoms with Crippen molar-refractivity contribution in [3.8, 4) is 0 Å². The van der Waals surface area contributed by atoms with Gasteiger partial charge in [-0.2, -0.15) is 4.98 Å². The van der Waals surface area contributed by atoms with E-state index in [4.69, 9.17) is 4.52 Å². The van der Waals surface area contributed by atoms with Gasteiger partial charge in [0.15, 0.2) is 0 Å². The van der Waals surface area contributed by atoms with Gasteiger partial charge < -0.3 is 14.7 Å². The predicted octanol–water partition coefficient (Wildman–Crippen LogP) is 2.34. The second-order valence-corrected chi connectivity index (χ2v) is 5.35. The fourth-order valence-corrected chi connectivity index (χ4v) is 3.02. The molecule has 0 bridgehead atoms. The Kier molecular flexibility index (Phi) is 4.80. The summed E-state index contributed by atoms with van der Waals surface area (Å²) >= 11 is 0. The summed E-state index contributed by atoms with van der Waals surface area (Å²) in [5.74, 6) is 1.59. The Morgan fingerprint density at radius 3 is 2.47 bits per heavy atom. The number of hydrogen-bond acceptors (Lipinski definition) is 5. The molecular formula is C14H26N4O. The molecule has 1 saturated heterocycles. The zero-order valence-electron chi connectivity index (χ0n) is 12.4. The third-order valence-corrected chi connectivity index (χ3v) is 4.20. The van der Waals surface area contributed by atoms with Crippen molar-refractivity contribution >= 4 is 5.95 Å².